The average Bonchev–Trinajstić information content (AvgIpc) is 3.16. The molecule has 3 aliphatic heterocycles. The van der Waals surface area contributed by atoms with E-state index >= 15 is 0 Å². The van der Waals surface area contributed by atoms with Crippen LogP contribution in [-0.2, 0) is 11.2 Å². The van der Waals surface area contributed by atoms with Crippen LogP contribution in [0.2, 0.25) is 0 Å². The zero-order valence-electron chi connectivity index (χ0n) is 21.2. The fourth-order valence-electron chi connectivity index (χ4n) is 5.91. The number of benzene rings is 2. The van der Waals surface area contributed by atoms with Gasteiger partial charge in [0.25, 0.3) is 11.8 Å². The number of likely N-dealkylation sites (tertiary alicyclic amines) is 1. The van der Waals surface area contributed by atoms with Crippen LogP contribution in [0.1, 0.15) is 65.3 Å². The summed E-state index contributed by atoms with van der Waals surface area (Å²) in [6.45, 7) is 4.66. The molecule has 0 saturated carbocycles. The van der Waals surface area contributed by atoms with E-state index in [4.69, 9.17) is 4.74 Å². The van der Waals surface area contributed by atoms with E-state index < -0.39 is 0 Å². The lowest BCUT2D eigenvalue weighted by Gasteiger charge is -2.40. The summed E-state index contributed by atoms with van der Waals surface area (Å²) >= 11 is 0. The predicted octanol–water partition coefficient (Wildman–Crippen LogP) is 4.15. The van der Waals surface area contributed by atoms with Crippen LogP contribution in [0, 0.1) is 5.92 Å². The Kier molecular flexibility index (Phi) is 6.99. The van der Waals surface area contributed by atoms with Gasteiger partial charge in [-0.2, -0.15) is 0 Å². The first kappa shape index (κ1) is 24.3. The molecule has 0 spiro atoms. The number of anilines is 1. The second-order valence-corrected chi connectivity index (χ2v) is 10.2. The molecule has 0 aliphatic carbocycles. The van der Waals surface area contributed by atoms with E-state index in [2.05, 4.69) is 16.7 Å². The fourth-order valence-corrected chi connectivity index (χ4v) is 5.91. The Morgan fingerprint density at radius 2 is 1.83 bits per heavy atom. The maximum Gasteiger partial charge on any atom is 0.263 e. The van der Waals surface area contributed by atoms with Gasteiger partial charge < -0.3 is 14.5 Å². The van der Waals surface area contributed by atoms with Gasteiger partial charge in [-0.25, -0.2) is 0 Å². The van der Waals surface area contributed by atoms with E-state index in [0.29, 0.717) is 36.7 Å². The molecule has 5 rings (SSSR count). The van der Waals surface area contributed by atoms with E-state index in [1.165, 1.54) is 11.3 Å². The number of hydrogen-bond donors (Lipinski definition) is 0. The van der Waals surface area contributed by atoms with Crippen molar-refractivity contribution in [2.45, 2.75) is 51.5 Å². The Morgan fingerprint density at radius 3 is 2.64 bits per heavy atom. The van der Waals surface area contributed by atoms with Crippen molar-refractivity contribution >= 4 is 23.4 Å². The standard InChI is InChI=1S/C29H35N3O4/c1-20-8-3-4-16-31(20)27(33)22-10-7-15-30(19-22)25-13-6-12-24-26(25)29(35)32(28(24)34)17-14-21-9-5-11-23(18-21)36-2/h5-6,9,11-13,18,20,22H,3-4,7-8,10,14-17,19H2,1-2H3. The topological polar surface area (TPSA) is 70.2 Å². The molecule has 3 amide bonds. The number of methoxy groups -OCH3 is 1. The normalized spacial score (nSPS) is 22.1. The van der Waals surface area contributed by atoms with Crippen LogP contribution in [-0.4, -0.2) is 66.9 Å². The smallest absolute Gasteiger partial charge is 0.263 e. The Morgan fingerprint density at radius 1 is 1.00 bits per heavy atom. The summed E-state index contributed by atoms with van der Waals surface area (Å²) in [6, 6.07) is 13.5. The van der Waals surface area contributed by atoms with Gasteiger partial charge in [0.05, 0.1) is 29.8 Å². The van der Waals surface area contributed by atoms with Gasteiger partial charge in [0, 0.05) is 32.2 Å². The van der Waals surface area contributed by atoms with E-state index in [0.717, 1.165) is 55.8 Å². The SMILES string of the molecule is COc1cccc(CCN2C(=O)c3cccc(N4CCCC(C(=O)N5CCCCC5C)C4)c3C2=O)c1. The predicted molar refractivity (Wildman–Crippen MR) is 138 cm³/mol. The molecule has 2 aromatic rings. The maximum atomic E-state index is 13.5. The van der Waals surface area contributed by atoms with E-state index in [1.807, 2.05) is 36.4 Å². The molecular formula is C29H35N3O4. The number of amides is 3. The molecule has 7 nitrogen and oxygen atoms in total. The first-order valence-corrected chi connectivity index (χ1v) is 13.2. The molecule has 0 radical (unpaired) electrons. The van der Waals surface area contributed by atoms with Gasteiger partial charge in [-0.15, -0.1) is 0 Å². The van der Waals surface area contributed by atoms with Crippen LogP contribution >= 0.6 is 0 Å². The van der Waals surface area contributed by atoms with Crippen LogP contribution in [0.5, 0.6) is 5.75 Å². The summed E-state index contributed by atoms with van der Waals surface area (Å²) in [7, 11) is 1.62. The Bertz CT molecular complexity index is 1160. The number of piperidine rings is 2. The second kappa shape index (κ2) is 10.3. The Labute approximate surface area is 213 Å². The molecule has 2 aromatic carbocycles. The number of carbonyl (C=O) groups excluding carboxylic acids is 3. The third-order valence-corrected chi connectivity index (χ3v) is 7.93. The van der Waals surface area contributed by atoms with Crippen molar-refractivity contribution in [3.05, 3.63) is 59.2 Å². The maximum absolute atomic E-state index is 13.5. The lowest BCUT2D eigenvalue weighted by atomic mass is 9.93. The summed E-state index contributed by atoms with van der Waals surface area (Å²) < 4.78 is 5.29. The lowest BCUT2D eigenvalue weighted by Crippen LogP contribution is -2.49. The molecule has 190 valence electrons. The van der Waals surface area contributed by atoms with Crippen molar-refractivity contribution in [3.8, 4) is 5.75 Å². The number of ether oxygens (including phenoxy) is 1. The summed E-state index contributed by atoms with van der Waals surface area (Å²) in [5.41, 5.74) is 2.73. The Balaban J connectivity index is 1.32. The first-order valence-electron chi connectivity index (χ1n) is 13.2. The highest BCUT2D eigenvalue weighted by molar-refractivity contribution is 6.23. The molecule has 36 heavy (non-hydrogen) atoms. The Hall–Kier alpha value is -3.35. The molecule has 2 saturated heterocycles. The van der Waals surface area contributed by atoms with E-state index in [9.17, 15) is 14.4 Å². The summed E-state index contributed by atoms with van der Waals surface area (Å²) in [4.78, 5) is 45.6. The lowest BCUT2D eigenvalue weighted by molar-refractivity contribution is -0.139. The molecule has 2 atom stereocenters. The van der Waals surface area contributed by atoms with Crippen LogP contribution < -0.4 is 9.64 Å². The highest BCUT2D eigenvalue weighted by Gasteiger charge is 2.40. The van der Waals surface area contributed by atoms with Crippen LogP contribution in [0.15, 0.2) is 42.5 Å². The quantitative estimate of drug-likeness (QED) is 0.570. The van der Waals surface area contributed by atoms with Crippen LogP contribution in [0.3, 0.4) is 0 Å². The average molecular weight is 490 g/mol. The van der Waals surface area contributed by atoms with Crippen LogP contribution in [0.4, 0.5) is 5.69 Å². The van der Waals surface area contributed by atoms with Gasteiger partial charge in [-0.05, 0) is 75.3 Å². The van der Waals surface area contributed by atoms with Crippen LogP contribution in [0.25, 0.3) is 0 Å². The first-order chi connectivity index (χ1) is 17.5. The minimum Gasteiger partial charge on any atom is -0.497 e. The zero-order chi connectivity index (χ0) is 25.2. The number of carbonyl (C=O) groups is 3. The van der Waals surface area contributed by atoms with E-state index in [-0.39, 0.29) is 23.6 Å². The highest BCUT2D eigenvalue weighted by Crippen LogP contribution is 2.35. The zero-order valence-corrected chi connectivity index (χ0v) is 21.2. The van der Waals surface area contributed by atoms with Crippen molar-refractivity contribution in [3.63, 3.8) is 0 Å². The van der Waals surface area contributed by atoms with Gasteiger partial charge in [-0.1, -0.05) is 18.2 Å². The van der Waals surface area contributed by atoms with Gasteiger partial charge in [0.15, 0.2) is 0 Å². The minimum atomic E-state index is -0.244. The van der Waals surface area contributed by atoms with Gasteiger partial charge in [-0.3, -0.25) is 19.3 Å². The minimum absolute atomic E-state index is 0.0773. The van der Waals surface area contributed by atoms with Crippen molar-refractivity contribution in [2.24, 2.45) is 5.92 Å². The molecular weight excluding hydrogens is 454 g/mol. The van der Waals surface area contributed by atoms with E-state index in [1.54, 1.807) is 13.2 Å². The number of imide groups is 1. The third-order valence-electron chi connectivity index (χ3n) is 7.93. The third kappa shape index (κ3) is 4.59. The fraction of sp³-hybridized carbons (Fsp3) is 0.483. The number of nitrogens with zero attached hydrogens (tertiary/aromatic N) is 3. The summed E-state index contributed by atoms with van der Waals surface area (Å²) in [5, 5.41) is 0. The second-order valence-electron chi connectivity index (χ2n) is 10.2. The summed E-state index contributed by atoms with van der Waals surface area (Å²) in [6.07, 6.45) is 5.64. The largest absolute Gasteiger partial charge is 0.497 e. The van der Waals surface area contributed by atoms with Crippen molar-refractivity contribution in [2.75, 3.05) is 38.2 Å². The summed E-state index contributed by atoms with van der Waals surface area (Å²) in [5.74, 6) is 0.428. The molecule has 3 heterocycles. The molecule has 0 aromatic heterocycles. The monoisotopic (exact) mass is 489 g/mol. The van der Waals surface area contributed by atoms with Crippen molar-refractivity contribution in [1.29, 1.82) is 0 Å². The molecule has 2 unspecified atom stereocenters. The molecule has 3 aliphatic rings. The van der Waals surface area contributed by atoms with Gasteiger partial charge in [0.1, 0.15) is 5.75 Å². The van der Waals surface area contributed by atoms with Crippen molar-refractivity contribution in [1.82, 2.24) is 9.80 Å². The molecule has 0 N–H and O–H groups in total. The number of rotatable bonds is 6. The van der Waals surface area contributed by atoms with Gasteiger partial charge >= 0.3 is 0 Å². The molecule has 7 heteroatoms. The van der Waals surface area contributed by atoms with Crippen molar-refractivity contribution < 1.29 is 19.1 Å². The van der Waals surface area contributed by atoms with Gasteiger partial charge in [0.2, 0.25) is 5.91 Å². The number of hydrogen-bond acceptors (Lipinski definition) is 5. The molecule has 2 fully saturated rings. The molecule has 0 bridgehead atoms. The highest BCUT2D eigenvalue weighted by atomic mass is 16.5. The number of fused-ring (bicyclic) bond motifs is 1.